The zero-order chi connectivity index (χ0) is 32.7. The first-order chi connectivity index (χ1) is 20.7. The summed E-state index contributed by atoms with van der Waals surface area (Å²) < 4.78 is 0. The Balaban J connectivity index is 0. The summed E-state index contributed by atoms with van der Waals surface area (Å²) in [6.45, 7) is 21.7. The van der Waals surface area contributed by atoms with E-state index in [-0.39, 0.29) is 5.91 Å². The van der Waals surface area contributed by atoms with Gasteiger partial charge in [-0.25, -0.2) is 4.99 Å². The number of unbranched alkanes of at least 4 members (excludes halogenated alkanes) is 1. The quantitative estimate of drug-likeness (QED) is 0.0883. The Morgan fingerprint density at radius 3 is 2.33 bits per heavy atom. The number of carbonyl (C=O) groups is 1. The molecular weight excluding hydrogens is 534 g/mol. The summed E-state index contributed by atoms with van der Waals surface area (Å²) in [5.74, 6) is 0.574. The van der Waals surface area contributed by atoms with Crippen LogP contribution in [0.1, 0.15) is 79.7 Å². The van der Waals surface area contributed by atoms with Crippen LogP contribution in [0, 0.1) is 0 Å². The van der Waals surface area contributed by atoms with Crippen LogP contribution in [0.4, 0.5) is 0 Å². The second kappa shape index (κ2) is 29.9. The summed E-state index contributed by atoms with van der Waals surface area (Å²) in [6, 6.07) is 4.00. The van der Waals surface area contributed by atoms with Gasteiger partial charge in [-0.1, -0.05) is 76.6 Å². The minimum Gasteiger partial charge on any atom is -0.333 e. The molecule has 0 aliphatic heterocycles. The number of nitrogens with zero attached hydrogens (tertiary/aromatic N) is 4. The molecule has 8 nitrogen and oxygen atoms in total. The van der Waals surface area contributed by atoms with Gasteiger partial charge in [0.05, 0.1) is 0 Å². The van der Waals surface area contributed by atoms with Crippen molar-refractivity contribution < 1.29 is 4.79 Å². The van der Waals surface area contributed by atoms with Gasteiger partial charge in [-0.3, -0.25) is 14.8 Å². The molecule has 3 N–H and O–H groups in total. The molecule has 0 aromatic carbocycles. The lowest BCUT2D eigenvalue weighted by molar-refractivity contribution is -0.118. The average molecular weight is 594 g/mol. The summed E-state index contributed by atoms with van der Waals surface area (Å²) in [7, 11) is 3.89. The van der Waals surface area contributed by atoms with E-state index in [0.29, 0.717) is 5.96 Å². The SMILES string of the molecule is C=C\C=C/C(/C=N\C(=NC)N/C(=C/C)CC)=C\CNCc1ccncc1.CC/C(C)=C/NC(C)=O.CCCCN(C)CC. The summed E-state index contributed by atoms with van der Waals surface area (Å²) in [5, 5.41) is 9.20. The minimum atomic E-state index is -0.0113. The molecule has 0 atom stereocenters. The number of nitrogens with one attached hydrogen (secondary N) is 3. The monoisotopic (exact) mass is 593 g/mol. The molecule has 0 saturated heterocycles. The van der Waals surface area contributed by atoms with Crippen LogP contribution in [0.5, 0.6) is 0 Å². The molecule has 1 aromatic heterocycles. The van der Waals surface area contributed by atoms with E-state index in [9.17, 15) is 4.79 Å². The molecule has 0 aliphatic carbocycles. The van der Waals surface area contributed by atoms with Crippen molar-refractivity contribution in [1.82, 2.24) is 25.8 Å². The molecule has 0 spiro atoms. The first-order valence-electron chi connectivity index (χ1n) is 15.3. The topological polar surface area (TPSA) is 94.0 Å². The van der Waals surface area contributed by atoms with Gasteiger partial charge in [0.2, 0.25) is 11.9 Å². The Hall–Kier alpha value is -3.62. The summed E-state index contributed by atoms with van der Waals surface area (Å²) >= 11 is 0. The normalized spacial score (nSPS) is 12.5. The Morgan fingerprint density at radius 2 is 1.81 bits per heavy atom. The van der Waals surface area contributed by atoms with Crippen LogP contribution in [-0.2, 0) is 11.3 Å². The number of allylic oxidation sites excluding steroid dienone is 7. The first kappa shape index (κ1) is 41.5. The second-order valence-electron chi connectivity index (χ2n) is 9.68. The maximum Gasteiger partial charge on any atom is 0.221 e. The van der Waals surface area contributed by atoms with E-state index in [4.69, 9.17) is 0 Å². The summed E-state index contributed by atoms with van der Waals surface area (Å²) in [4.78, 5) is 25.3. The predicted molar refractivity (Wildman–Crippen MR) is 188 cm³/mol. The molecule has 1 amide bonds. The van der Waals surface area contributed by atoms with E-state index in [1.54, 1.807) is 37.9 Å². The van der Waals surface area contributed by atoms with Crippen molar-refractivity contribution in [2.45, 2.75) is 80.7 Å². The van der Waals surface area contributed by atoms with Crippen molar-refractivity contribution in [3.05, 3.63) is 90.1 Å². The van der Waals surface area contributed by atoms with Crippen LogP contribution in [0.15, 0.2) is 94.5 Å². The van der Waals surface area contributed by atoms with Crippen LogP contribution < -0.4 is 16.0 Å². The lowest BCUT2D eigenvalue weighted by Crippen LogP contribution is -2.20. The van der Waals surface area contributed by atoms with Crippen molar-refractivity contribution >= 4 is 18.1 Å². The molecule has 1 heterocycles. The van der Waals surface area contributed by atoms with Gasteiger partial charge in [-0.2, -0.15) is 0 Å². The van der Waals surface area contributed by atoms with Crippen molar-refractivity contribution in [3.63, 3.8) is 0 Å². The highest BCUT2D eigenvalue weighted by atomic mass is 16.1. The first-order valence-corrected chi connectivity index (χ1v) is 15.3. The number of pyridine rings is 1. The Labute approximate surface area is 263 Å². The highest BCUT2D eigenvalue weighted by molar-refractivity contribution is 5.95. The maximum absolute atomic E-state index is 10.3. The van der Waals surface area contributed by atoms with Crippen molar-refractivity contribution in [1.29, 1.82) is 0 Å². The highest BCUT2D eigenvalue weighted by Crippen LogP contribution is 1.99. The molecule has 0 aliphatic rings. The third-order valence-electron chi connectivity index (χ3n) is 6.05. The predicted octanol–water partition coefficient (Wildman–Crippen LogP) is 6.97. The number of carbonyl (C=O) groups excluding carboxylic acids is 1. The van der Waals surface area contributed by atoms with Crippen LogP contribution in [-0.4, -0.2) is 61.7 Å². The number of amides is 1. The Morgan fingerprint density at radius 1 is 1.12 bits per heavy atom. The molecule has 240 valence electrons. The van der Waals surface area contributed by atoms with E-state index in [0.717, 1.165) is 37.2 Å². The number of guanidine groups is 1. The van der Waals surface area contributed by atoms with Gasteiger partial charge in [0.25, 0.3) is 0 Å². The molecule has 1 aromatic rings. The molecule has 0 saturated carbocycles. The van der Waals surface area contributed by atoms with Gasteiger partial charge in [-0.15, -0.1) is 0 Å². The molecule has 0 radical (unpaired) electrons. The van der Waals surface area contributed by atoms with Crippen LogP contribution in [0.3, 0.4) is 0 Å². The van der Waals surface area contributed by atoms with Gasteiger partial charge in [-0.05, 0) is 76.5 Å². The molecule has 43 heavy (non-hydrogen) atoms. The van der Waals surface area contributed by atoms with Crippen molar-refractivity contribution in [3.8, 4) is 0 Å². The number of hydrogen-bond donors (Lipinski definition) is 3. The van der Waals surface area contributed by atoms with Crippen LogP contribution in [0.2, 0.25) is 0 Å². The Kier molecular flexibility index (Phi) is 28.8. The fourth-order valence-electron chi connectivity index (χ4n) is 2.95. The van der Waals surface area contributed by atoms with Gasteiger partial charge in [0, 0.05) is 57.6 Å². The van der Waals surface area contributed by atoms with Crippen LogP contribution in [0.25, 0.3) is 0 Å². The van der Waals surface area contributed by atoms with E-state index in [2.05, 4.69) is 76.3 Å². The zero-order valence-electron chi connectivity index (χ0n) is 28.4. The lowest BCUT2D eigenvalue weighted by Gasteiger charge is -2.11. The maximum atomic E-state index is 10.3. The van der Waals surface area contributed by atoms with Crippen LogP contribution >= 0.6 is 0 Å². The largest absolute Gasteiger partial charge is 0.333 e. The van der Waals surface area contributed by atoms with E-state index in [1.165, 1.54) is 44.0 Å². The number of rotatable bonds is 15. The summed E-state index contributed by atoms with van der Waals surface area (Å²) in [6.07, 6.45) is 21.4. The zero-order valence-corrected chi connectivity index (χ0v) is 28.4. The molecule has 1 rings (SSSR count). The standard InChI is InChI=1S/C21H29N5.C7H13NO.C7H17N/c1-5-8-9-18(12-15-24-16-19-10-13-23-14-11-19)17-25-21(22-4)26-20(6-2)7-3;1-4-6(2)5-8-7(3)9;1-4-6-7-8(3)5-2/h5-6,8-14,17,24H,1,7,15-16H2,2-4H3,(H,22,26);5H,4H2,1-3H3,(H,8,9);4-7H2,1-3H3/b9-8-,18-12+,20-6+,25-17-;6-5+;. The molecule has 0 fully saturated rings. The number of aliphatic imine (C=N–C) groups is 2. The molecule has 8 heteroatoms. The fourth-order valence-corrected chi connectivity index (χ4v) is 2.95. The van der Waals surface area contributed by atoms with Gasteiger partial charge in [0.15, 0.2) is 0 Å². The Bertz CT molecular complexity index is 1040. The lowest BCUT2D eigenvalue weighted by atomic mass is 10.2. The smallest absolute Gasteiger partial charge is 0.221 e. The number of hydrogen-bond acceptors (Lipinski definition) is 5. The van der Waals surface area contributed by atoms with Gasteiger partial charge < -0.3 is 20.9 Å². The summed E-state index contributed by atoms with van der Waals surface area (Å²) in [5.41, 5.74) is 4.46. The number of aromatic nitrogens is 1. The molecular formula is C35H59N7O. The molecule has 0 bridgehead atoms. The fraction of sp³-hybridized carbons (Fsp3) is 0.486. The third-order valence-corrected chi connectivity index (χ3v) is 6.05. The molecule has 0 unspecified atom stereocenters. The van der Waals surface area contributed by atoms with Gasteiger partial charge in [0.1, 0.15) is 0 Å². The highest BCUT2D eigenvalue weighted by Gasteiger charge is 1.98. The van der Waals surface area contributed by atoms with E-state index < -0.39 is 0 Å². The average Bonchev–Trinajstić information content (AvgIpc) is 3.03. The van der Waals surface area contributed by atoms with E-state index >= 15 is 0 Å². The minimum absolute atomic E-state index is 0.0113. The second-order valence-corrected chi connectivity index (χ2v) is 9.68. The van der Waals surface area contributed by atoms with E-state index in [1.807, 2.05) is 51.1 Å². The van der Waals surface area contributed by atoms with Crippen molar-refractivity contribution in [2.75, 3.05) is 33.7 Å². The van der Waals surface area contributed by atoms with Crippen molar-refractivity contribution in [2.24, 2.45) is 9.98 Å². The third kappa shape index (κ3) is 27.0. The van der Waals surface area contributed by atoms with Gasteiger partial charge >= 0.3 is 0 Å².